The number of pyridine rings is 2. The van der Waals surface area contributed by atoms with E-state index in [1.807, 2.05) is 24.4 Å². The minimum Gasteiger partial charge on any atom is -0.496 e. The second kappa shape index (κ2) is 15.5. The summed E-state index contributed by atoms with van der Waals surface area (Å²) in [6, 6.07) is 9.95. The Morgan fingerprint density at radius 3 is 2.22 bits per heavy atom. The van der Waals surface area contributed by atoms with Crippen LogP contribution in [0.15, 0.2) is 59.8 Å². The van der Waals surface area contributed by atoms with E-state index in [-0.39, 0.29) is 41.0 Å². The van der Waals surface area contributed by atoms with Crippen LogP contribution in [0.4, 0.5) is 0 Å². The zero-order valence-electron chi connectivity index (χ0n) is 33.8. The molecule has 5 aliphatic rings. The Morgan fingerprint density at radius 1 is 0.814 bits per heavy atom. The Kier molecular flexibility index (Phi) is 10.2. The van der Waals surface area contributed by atoms with E-state index in [2.05, 4.69) is 20.1 Å². The Hall–Kier alpha value is -5.60. The number of imide groups is 2. The first-order valence-electron chi connectivity index (χ1n) is 20.7. The SMILES string of the molecule is COc1cc(-c2cn(C)c(=O)c3cnccc23)cc(OC)c1CN1CCC(CN2CCC3(CC2)CC(Oc2ccc4c(c2)C(=O)N(C2CCC(=O)NC2=O)C4=O)C3)CC1. The van der Waals surface area contributed by atoms with E-state index < -0.39 is 29.7 Å². The molecule has 1 aliphatic carbocycles. The Bertz CT molecular complexity index is 2380. The molecule has 0 radical (unpaired) electrons. The first-order valence-corrected chi connectivity index (χ1v) is 20.7. The van der Waals surface area contributed by atoms with Crippen molar-refractivity contribution >= 4 is 34.4 Å². The maximum Gasteiger partial charge on any atom is 0.262 e. The smallest absolute Gasteiger partial charge is 0.262 e. The molecule has 3 saturated heterocycles. The maximum atomic E-state index is 13.3. The van der Waals surface area contributed by atoms with Crippen LogP contribution in [0.3, 0.4) is 0 Å². The first kappa shape index (κ1) is 38.9. The first-order chi connectivity index (χ1) is 28.5. The molecule has 1 spiro atoms. The summed E-state index contributed by atoms with van der Waals surface area (Å²) < 4.78 is 19.8. The topological polar surface area (TPSA) is 153 Å². The molecule has 1 unspecified atom stereocenters. The molecular formula is C45H50N6O8. The van der Waals surface area contributed by atoms with Crippen LogP contribution >= 0.6 is 0 Å². The molecule has 2 aromatic heterocycles. The van der Waals surface area contributed by atoms with Gasteiger partial charge >= 0.3 is 0 Å². The van der Waals surface area contributed by atoms with Crippen LogP contribution in [0.1, 0.15) is 77.6 Å². The summed E-state index contributed by atoms with van der Waals surface area (Å²) in [5.74, 6) is 0.688. The molecule has 1 N–H and O–H groups in total. The zero-order chi connectivity index (χ0) is 41.0. The predicted molar refractivity (Wildman–Crippen MR) is 218 cm³/mol. The number of nitrogens with one attached hydrogen (secondary N) is 1. The zero-order valence-corrected chi connectivity index (χ0v) is 33.8. The fourth-order valence-electron chi connectivity index (χ4n) is 10.1. The minimum absolute atomic E-state index is 0.0572. The Morgan fingerprint density at radius 2 is 1.53 bits per heavy atom. The van der Waals surface area contributed by atoms with Gasteiger partial charge in [0.05, 0.1) is 42.4 Å². The molecule has 9 rings (SSSR count). The third-order valence-corrected chi connectivity index (χ3v) is 13.5. The van der Waals surface area contributed by atoms with Gasteiger partial charge in [-0.1, -0.05) is 0 Å². The van der Waals surface area contributed by atoms with Gasteiger partial charge in [0, 0.05) is 50.7 Å². The van der Waals surface area contributed by atoms with Gasteiger partial charge in [-0.2, -0.15) is 0 Å². The minimum atomic E-state index is -0.986. The number of hydrogen-bond donors (Lipinski definition) is 1. The van der Waals surface area contributed by atoms with Crippen LogP contribution in [0, 0.1) is 11.3 Å². The van der Waals surface area contributed by atoms with Gasteiger partial charge in [-0.25, -0.2) is 0 Å². The van der Waals surface area contributed by atoms with Gasteiger partial charge in [-0.15, -0.1) is 0 Å². The molecule has 308 valence electrons. The number of amides is 4. The van der Waals surface area contributed by atoms with Crippen molar-refractivity contribution < 1.29 is 33.4 Å². The van der Waals surface area contributed by atoms with Crippen molar-refractivity contribution in [2.45, 2.75) is 70.1 Å². The highest BCUT2D eigenvalue weighted by Gasteiger charge is 2.48. The van der Waals surface area contributed by atoms with Crippen molar-refractivity contribution in [1.29, 1.82) is 0 Å². The van der Waals surface area contributed by atoms with Gasteiger partial charge in [-0.05, 0) is 130 Å². The number of fused-ring (bicyclic) bond motifs is 2. The lowest BCUT2D eigenvalue weighted by atomic mass is 9.61. The third kappa shape index (κ3) is 7.26. The number of carbonyl (C=O) groups is 4. The molecule has 1 atom stereocenters. The monoisotopic (exact) mass is 802 g/mol. The number of aryl methyl sites for hydroxylation is 1. The van der Waals surface area contributed by atoms with E-state index in [4.69, 9.17) is 14.2 Å². The lowest BCUT2D eigenvalue weighted by molar-refractivity contribution is -0.136. The number of hydrogen-bond acceptors (Lipinski definition) is 11. The maximum absolute atomic E-state index is 13.3. The van der Waals surface area contributed by atoms with Gasteiger partial charge < -0.3 is 23.7 Å². The van der Waals surface area contributed by atoms with Crippen LogP contribution in [-0.2, 0) is 23.2 Å². The quantitative estimate of drug-likeness (QED) is 0.225. The van der Waals surface area contributed by atoms with Crippen molar-refractivity contribution in [1.82, 2.24) is 29.6 Å². The number of carbonyl (C=O) groups excluding carboxylic acids is 4. The summed E-state index contributed by atoms with van der Waals surface area (Å²) in [6.07, 6.45) is 12.0. The molecule has 4 fully saturated rings. The van der Waals surface area contributed by atoms with E-state index in [9.17, 15) is 24.0 Å². The average molecular weight is 803 g/mol. The lowest BCUT2D eigenvalue weighted by Gasteiger charge is -2.52. The van der Waals surface area contributed by atoms with Crippen molar-refractivity contribution in [3.05, 3.63) is 82.0 Å². The summed E-state index contributed by atoms with van der Waals surface area (Å²) in [5.41, 5.74) is 3.55. The second-order valence-electron chi connectivity index (χ2n) is 17.1. The van der Waals surface area contributed by atoms with Crippen LogP contribution < -0.4 is 25.1 Å². The normalized spacial score (nSPS) is 21.5. The fraction of sp³-hybridized carbons (Fsp3) is 0.467. The predicted octanol–water partition coefficient (Wildman–Crippen LogP) is 4.55. The summed E-state index contributed by atoms with van der Waals surface area (Å²) in [7, 11) is 5.14. The molecule has 4 aliphatic heterocycles. The molecule has 4 aromatic rings. The number of aromatic nitrogens is 2. The van der Waals surface area contributed by atoms with Gasteiger partial charge in [0.15, 0.2) is 0 Å². The van der Waals surface area contributed by atoms with E-state index in [1.165, 1.54) is 0 Å². The summed E-state index contributed by atoms with van der Waals surface area (Å²) in [6.45, 7) is 6.03. The molecule has 59 heavy (non-hydrogen) atoms. The summed E-state index contributed by atoms with van der Waals surface area (Å²) in [5, 5.41) is 3.65. The van der Waals surface area contributed by atoms with Crippen molar-refractivity contribution in [3.63, 3.8) is 0 Å². The lowest BCUT2D eigenvalue weighted by Crippen LogP contribution is -2.54. The third-order valence-electron chi connectivity index (χ3n) is 13.5. The van der Waals surface area contributed by atoms with Gasteiger partial charge in [0.1, 0.15) is 23.3 Å². The van der Waals surface area contributed by atoms with Crippen LogP contribution in [-0.4, -0.2) is 107 Å². The van der Waals surface area contributed by atoms with E-state index in [0.29, 0.717) is 17.1 Å². The number of methoxy groups -OCH3 is 2. The molecule has 4 amide bonds. The molecule has 2 aromatic carbocycles. The Balaban J connectivity index is 0.751. The number of rotatable bonds is 10. The average Bonchev–Trinajstić information content (AvgIpc) is 3.47. The number of nitrogens with zero attached hydrogens (tertiary/aromatic N) is 5. The molecule has 0 bridgehead atoms. The molecular weight excluding hydrogens is 753 g/mol. The highest BCUT2D eigenvalue weighted by Crippen LogP contribution is 2.51. The van der Waals surface area contributed by atoms with Crippen molar-refractivity contribution in [2.75, 3.05) is 46.9 Å². The second-order valence-corrected chi connectivity index (χ2v) is 17.1. The number of ether oxygens (including phenoxy) is 3. The van der Waals surface area contributed by atoms with Crippen molar-refractivity contribution in [2.24, 2.45) is 18.4 Å². The van der Waals surface area contributed by atoms with Crippen LogP contribution in [0.5, 0.6) is 17.2 Å². The van der Waals surface area contributed by atoms with Crippen LogP contribution in [0.2, 0.25) is 0 Å². The van der Waals surface area contributed by atoms with Gasteiger partial charge in [0.25, 0.3) is 17.4 Å². The fourth-order valence-corrected chi connectivity index (χ4v) is 10.1. The van der Waals surface area contributed by atoms with E-state index in [1.54, 1.807) is 56.4 Å². The number of likely N-dealkylation sites (tertiary alicyclic amines) is 2. The van der Waals surface area contributed by atoms with E-state index in [0.717, 1.165) is 116 Å². The number of piperidine rings is 3. The highest BCUT2D eigenvalue weighted by molar-refractivity contribution is 6.23. The van der Waals surface area contributed by atoms with Crippen LogP contribution in [0.25, 0.3) is 21.9 Å². The van der Waals surface area contributed by atoms with Crippen molar-refractivity contribution in [3.8, 4) is 28.4 Å². The standard InChI is InChI=1S/C45H50N6O8/c1-48-25-35(31-8-13-46-23-34(31)42(48)54)28-18-38(57-2)36(39(19-28)58-3)26-49-14-9-27(10-15-49)24-50-16-11-45(12-17-50)21-30(22-45)59-29-4-5-32-33(20-29)44(56)51(43(32)55)37-6-7-40(52)47-41(37)53/h4-5,8,13,18-20,23,25,27,30,37H,6-7,9-12,14-17,21-22,24,26H2,1-3H3,(H,47,52,53). The highest BCUT2D eigenvalue weighted by atomic mass is 16.5. The Labute approximate surface area is 342 Å². The summed E-state index contributed by atoms with van der Waals surface area (Å²) >= 11 is 0. The van der Waals surface area contributed by atoms with Gasteiger partial charge in [0.2, 0.25) is 11.8 Å². The molecule has 6 heterocycles. The molecule has 14 nitrogen and oxygen atoms in total. The largest absolute Gasteiger partial charge is 0.496 e. The molecule has 14 heteroatoms. The summed E-state index contributed by atoms with van der Waals surface area (Å²) in [4.78, 5) is 73.5. The van der Waals surface area contributed by atoms with E-state index >= 15 is 0 Å². The number of benzene rings is 2. The van der Waals surface area contributed by atoms with Gasteiger partial charge in [-0.3, -0.25) is 44.1 Å². The molecule has 1 saturated carbocycles.